The lowest BCUT2D eigenvalue weighted by Crippen LogP contribution is -2.42. The average Bonchev–Trinajstić information content (AvgIpc) is 3.00. The van der Waals surface area contributed by atoms with Crippen LogP contribution in [0.2, 0.25) is 0 Å². The molecule has 20 heavy (non-hydrogen) atoms. The number of rotatable bonds is 7. The van der Waals surface area contributed by atoms with E-state index in [1.54, 1.807) is 0 Å². The molecule has 3 nitrogen and oxygen atoms in total. The molecule has 0 heterocycles. The fraction of sp³-hybridized carbons (Fsp3) is 0.588. The molecule has 1 unspecified atom stereocenters. The fourth-order valence-electron chi connectivity index (χ4n) is 2.95. The molecular weight excluding hydrogens is 248 g/mol. The van der Waals surface area contributed by atoms with Gasteiger partial charge in [0.2, 0.25) is 0 Å². The largest absolute Gasteiger partial charge is 0.378 e. The predicted molar refractivity (Wildman–Crippen MR) is 80.2 cm³/mol. The fourth-order valence-corrected chi connectivity index (χ4v) is 2.95. The maximum Gasteiger partial charge on any atom is 0.134 e. The van der Waals surface area contributed by atoms with Crippen LogP contribution < -0.4 is 5.32 Å². The van der Waals surface area contributed by atoms with E-state index in [9.17, 15) is 5.26 Å². The second-order valence-electron chi connectivity index (χ2n) is 5.44. The molecule has 1 atom stereocenters. The van der Waals surface area contributed by atoms with Crippen molar-refractivity contribution in [2.75, 3.05) is 13.2 Å². The van der Waals surface area contributed by atoms with Crippen LogP contribution in [0, 0.1) is 11.3 Å². The van der Waals surface area contributed by atoms with Crippen molar-refractivity contribution >= 4 is 0 Å². The van der Waals surface area contributed by atoms with E-state index in [1.807, 2.05) is 37.3 Å². The molecule has 108 valence electrons. The van der Waals surface area contributed by atoms with Crippen molar-refractivity contribution in [1.29, 1.82) is 5.26 Å². The molecule has 3 heteroatoms. The first-order chi connectivity index (χ1) is 9.80. The number of ether oxygens (including phenoxy) is 1. The third-order valence-corrected chi connectivity index (χ3v) is 4.07. The van der Waals surface area contributed by atoms with Crippen molar-refractivity contribution in [1.82, 2.24) is 5.32 Å². The number of benzene rings is 1. The van der Waals surface area contributed by atoms with Crippen LogP contribution in [0.4, 0.5) is 0 Å². The molecule has 0 bridgehead atoms. The highest BCUT2D eigenvalue weighted by Gasteiger charge is 2.31. The van der Waals surface area contributed by atoms with Gasteiger partial charge >= 0.3 is 0 Å². The van der Waals surface area contributed by atoms with Gasteiger partial charge in [0.15, 0.2) is 0 Å². The van der Waals surface area contributed by atoms with Gasteiger partial charge in [0, 0.05) is 6.42 Å². The van der Waals surface area contributed by atoms with E-state index < -0.39 is 5.54 Å². The Labute approximate surface area is 121 Å². The molecule has 0 amide bonds. The molecule has 0 aliphatic heterocycles. The lowest BCUT2D eigenvalue weighted by Gasteiger charge is -2.28. The summed E-state index contributed by atoms with van der Waals surface area (Å²) in [5.41, 5.74) is 0.397. The first-order valence-electron chi connectivity index (χ1n) is 7.64. The van der Waals surface area contributed by atoms with E-state index in [0.717, 1.165) is 12.1 Å². The molecule has 0 aromatic heterocycles. The van der Waals surface area contributed by atoms with Gasteiger partial charge in [0.05, 0.1) is 18.8 Å². The minimum Gasteiger partial charge on any atom is -0.378 e. The SMILES string of the molecule is CCNC(C#N)(CCOC1CCCC1)c1ccccc1. The molecule has 2 rings (SSSR count). The minimum atomic E-state index is -0.630. The Bertz CT molecular complexity index is 434. The van der Waals surface area contributed by atoms with E-state index in [0.29, 0.717) is 19.1 Å². The zero-order valence-corrected chi connectivity index (χ0v) is 12.3. The van der Waals surface area contributed by atoms with Crippen LogP contribution in [0.5, 0.6) is 0 Å². The summed E-state index contributed by atoms with van der Waals surface area (Å²) < 4.78 is 5.94. The maximum atomic E-state index is 9.68. The second kappa shape index (κ2) is 7.42. The number of nitrogens with zero attached hydrogens (tertiary/aromatic N) is 1. The molecule has 1 aromatic carbocycles. The first-order valence-corrected chi connectivity index (χ1v) is 7.64. The van der Waals surface area contributed by atoms with Crippen molar-refractivity contribution < 1.29 is 4.74 Å². The van der Waals surface area contributed by atoms with Gasteiger partial charge in [-0.2, -0.15) is 5.26 Å². The van der Waals surface area contributed by atoms with Crippen molar-refractivity contribution in [3.8, 4) is 6.07 Å². The lowest BCUT2D eigenvalue weighted by molar-refractivity contribution is 0.0470. The summed E-state index contributed by atoms with van der Waals surface area (Å²) >= 11 is 0. The maximum absolute atomic E-state index is 9.68. The predicted octanol–water partition coefficient (Wildman–Crippen LogP) is 3.36. The number of hydrogen-bond donors (Lipinski definition) is 1. The van der Waals surface area contributed by atoms with Crippen LogP contribution in [0.15, 0.2) is 30.3 Å². The minimum absolute atomic E-state index is 0.406. The highest BCUT2D eigenvalue weighted by atomic mass is 16.5. The summed E-state index contributed by atoms with van der Waals surface area (Å²) in [5.74, 6) is 0. The highest BCUT2D eigenvalue weighted by Crippen LogP contribution is 2.26. The molecule has 0 radical (unpaired) electrons. The summed E-state index contributed by atoms with van der Waals surface area (Å²) in [6, 6.07) is 12.4. The molecule has 0 spiro atoms. The van der Waals surface area contributed by atoms with Crippen LogP contribution in [-0.4, -0.2) is 19.3 Å². The quantitative estimate of drug-likeness (QED) is 0.827. The molecular formula is C17H24N2O. The van der Waals surface area contributed by atoms with Crippen LogP contribution >= 0.6 is 0 Å². The molecule has 1 aliphatic rings. The smallest absolute Gasteiger partial charge is 0.134 e. The van der Waals surface area contributed by atoms with Gasteiger partial charge in [-0.15, -0.1) is 0 Å². The topological polar surface area (TPSA) is 45.0 Å². The molecule has 1 aromatic rings. The van der Waals surface area contributed by atoms with Crippen LogP contribution in [0.3, 0.4) is 0 Å². The van der Waals surface area contributed by atoms with Gasteiger partial charge in [-0.3, -0.25) is 5.32 Å². The Morgan fingerprint density at radius 3 is 2.60 bits per heavy atom. The van der Waals surface area contributed by atoms with Gasteiger partial charge in [0.25, 0.3) is 0 Å². The summed E-state index contributed by atoms with van der Waals surface area (Å²) in [6.07, 6.45) is 6.00. The molecule has 1 aliphatic carbocycles. The number of nitrogens with one attached hydrogen (secondary N) is 1. The standard InChI is InChI=1S/C17H24N2O/c1-2-19-17(14-18,15-8-4-3-5-9-15)12-13-20-16-10-6-7-11-16/h3-5,8-9,16,19H,2,6-7,10-13H2,1H3. The summed E-state index contributed by atoms with van der Waals surface area (Å²) in [4.78, 5) is 0. The van der Waals surface area contributed by atoms with Gasteiger partial charge in [-0.25, -0.2) is 0 Å². The van der Waals surface area contributed by atoms with Crippen molar-refractivity contribution in [2.45, 2.75) is 50.7 Å². The lowest BCUT2D eigenvalue weighted by atomic mass is 9.88. The Hall–Kier alpha value is -1.37. The first kappa shape index (κ1) is 15.0. The summed E-state index contributed by atoms with van der Waals surface area (Å²) in [5, 5.41) is 13.0. The average molecular weight is 272 g/mol. The normalized spacial score (nSPS) is 18.6. The Kier molecular flexibility index (Phi) is 5.58. The van der Waals surface area contributed by atoms with Crippen molar-refractivity contribution in [2.24, 2.45) is 0 Å². The third-order valence-electron chi connectivity index (χ3n) is 4.07. The number of nitriles is 1. The zero-order chi connectivity index (χ0) is 14.3. The number of hydrogen-bond acceptors (Lipinski definition) is 3. The van der Waals surface area contributed by atoms with Crippen molar-refractivity contribution in [3.05, 3.63) is 35.9 Å². The third kappa shape index (κ3) is 3.59. The van der Waals surface area contributed by atoms with Gasteiger partial charge in [-0.05, 0) is 24.9 Å². The second-order valence-corrected chi connectivity index (χ2v) is 5.44. The molecule has 1 N–H and O–H groups in total. The Morgan fingerprint density at radius 1 is 1.30 bits per heavy atom. The zero-order valence-electron chi connectivity index (χ0n) is 12.3. The molecule has 0 saturated heterocycles. The summed E-state index contributed by atoms with van der Waals surface area (Å²) in [6.45, 7) is 3.44. The van der Waals surface area contributed by atoms with E-state index in [2.05, 4.69) is 11.4 Å². The Balaban J connectivity index is 2.01. The summed E-state index contributed by atoms with van der Waals surface area (Å²) in [7, 11) is 0. The van der Waals surface area contributed by atoms with E-state index >= 15 is 0 Å². The Morgan fingerprint density at radius 2 is 2.00 bits per heavy atom. The highest BCUT2D eigenvalue weighted by molar-refractivity contribution is 5.31. The van der Waals surface area contributed by atoms with Gasteiger partial charge in [-0.1, -0.05) is 50.1 Å². The van der Waals surface area contributed by atoms with Gasteiger partial charge in [0.1, 0.15) is 5.54 Å². The molecule has 1 fully saturated rings. The van der Waals surface area contributed by atoms with Gasteiger partial charge < -0.3 is 4.74 Å². The van der Waals surface area contributed by atoms with Crippen LogP contribution in [0.1, 0.15) is 44.6 Å². The monoisotopic (exact) mass is 272 g/mol. The van der Waals surface area contributed by atoms with E-state index in [-0.39, 0.29) is 0 Å². The van der Waals surface area contributed by atoms with Crippen LogP contribution in [0.25, 0.3) is 0 Å². The van der Waals surface area contributed by atoms with E-state index in [1.165, 1.54) is 25.7 Å². The van der Waals surface area contributed by atoms with Crippen molar-refractivity contribution in [3.63, 3.8) is 0 Å². The van der Waals surface area contributed by atoms with Crippen LogP contribution in [-0.2, 0) is 10.3 Å². The van der Waals surface area contributed by atoms with E-state index in [4.69, 9.17) is 4.74 Å². The molecule has 1 saturated carbocycles.